The number of aromatic nitrogens is 1. The summed E-state index contributed by atoms with van der Waals surface area (Å²) in [6, 6.07) is 13.7. The maximum atomic E-state index is 12.7. The standard InChI is InChI=1S/C19H19N3O2S/c23-18-9-6-15-13-21(11-12-22(15)18)19(24)14-4-7-16(8-5-14)25-17-3-1-2-10-20-17/h1-5,7-8,10,15H,6,9,11-13H2/t15-/m1/s1. The van der Waals surface area contributed by atoms with Crippen LogP contribution in [0.25, 0.3) is 0 Å². The number of fused-ring (bicyclic) bond motifs is 1. The van der Waals surface area contributed by atoms with Crippen molar-refractivity contribution in [3.63, 3.8) is 0 Å². The normalized spacial score (nSPS) is 19.8. The minimum Gasteiger partial charge on any atom is -0.336 e. The molecule has 3 heterocycles. The second kappa shape index (κ2) is 6.88. The maximum absolute atomic E-state index is 12.7. The molecule has 0 radical (unpaired) electrons. The van der Waals surface area contributed by atoms with Crippen molar-refractivity contribution in [2.45, 2.75) is 28.8 Å². The van der Waals surface area contributed by atoms with Crippen molar-refractivity contribution in [1.29, 1.82) is 0 Å². The highest BCUT2D eigenvalue weighted by atomic mass is 32.2. The predicted molar refractivity (Wildman–Crippen MR) is 95.4 cm³/mol. The first-order valence-corrected chi connectivity index (χ1v) is 9.30. The fraction of sp³-hybridized carbons (Fsp3) is 0.316. The van der Waals surface area contributed by atoms with Gasteiger partial charge in [0, 0.05) is 48.8 Å². The summed E-state index contributed by atoms with van der Waals surface area (Å²) in [5, 5.41) is 0.934. The first kappa shape index (κ1) is 16.1. The summed E-state index contributed by atoms with van der Waals surface area (Å²) >= 11 is 1.58. The van der Waals surface area contributed by atoms with E-state index in [1.54, 1.807) is 18.0 Å². The quantitative estimate of drug-likeness (QED) is 0.851. The molecular formula is C19H19N3O2S. The van der Waals surface area contributed by atoms with Crippen LogP contribution in [0.2, 0.25) is 0 Å². The minimum atomic E-state index is 0.0494. The highest BCUT2D eigenvalue weighted by molar-refractivity contribution is 7.99. The molecule has 0 aliphatic carbocycles. The maximum Gasteiger partial charge on any atom is 0.253 e. The third-order valence-electron chi connectivity index (χ3n) is 4.74. The van der Waals surface area contributed by atoms with Crippen molar-refractivity contribution >= 4 is 23.6 Å². The molecule has 4 rings (SSSR count). The Bertz CT molecular complexity index is 779. The van der Waals surface area contributed by atoms with Gasteiger partial charge in [-0.25, -0.2) is 4.98 Å². The summed E-state index contributed by atoms with van der Waals surface area (Å²) in [4.78, 5) is 33.7. The van der Waals surface area contributed by atoms with E-state index in [9.17, 15) is 9.59 Å². The molecule has 1 aromatic heterocycles. The molecule has 2 aliphatic rings. The van der Waals surface area contributed by atoms with Gasteiger partial charge < -0.3 is 9.80 Å². The Hall–Kier alpha value is -2.34. The second-order valence-electron chi connectivity index (χ2n) is 6.33. The lowest BCUT2D eigenvalue weighted by Gasteiger charge is -2.37. The molecule has 2 aromatic rings. The zero-order valence-corrected chi connectivity index (χ0v) is 14.6. The van der Waals surface area contributed by atoms with Crippen LogP contribution in [0, 0.1) is 0 Å². The van der Waals surface area contributed by atoms with Gasteiger partial charge in [-0.15, -0.1) is 0 Å². The fourth-order valence-electron chi connectivity index (χ4n) is 3.43. The van der Waals surface area contributed by atoms with Crippen LogP contribution in [0.3, 0.4) is 0 Å². The number of hydrogen-bond acceptors (Lipinski definition) is 4. The smallest absolute Gasteiger partial charge is 0.253 e. The highest BCUT2D eigenvalue weighted by Crippen LogP contribution is 2.27. The molecule has 128 valence electrons. The van der Waals surface area contributed by atoms with Gasteiger partial charge in [0.15, 0.2) is 0 Å². The van der Waals surface area contributed by atoms with Gasteiger partial charge in [-0.2, -0.15) is 0 Å². The van der Waals surface area contributed by atoms with Crippen molar-refractivity contribution in [3.8, 4) is 0 Å². The van der Waals surface area contributed by atoms with Crippen LogP contribution in [-0.2, 0) is 4.79 Å². The fourth-order valence-corrected chi connectivity index (χ4v) is 4.20. The third kappa shape index (κ3) is 3.39. The molecule has 25 heavy (non-hydrogen) atoms. The van der Waals surface area contributed by atoms with Crippen molar-refractivity contribution in [2.24, 2.45) is 0 Å². The monoisotopic (exact) mass is 353 g/mol. The van der Waals surface area contributed by atoms with Crippen LogP contribution in [0.4, 0.5) is 0 Å². The topological polar surface area (TPSA) is 53.5 Å². The highest BCUT2D eigenvalue weighted by Gasteiger charge is 2.36. The summed E-state index contributed by atoms with van der Waals surface area (Å²) in [7, 11) is 0. The molecule has 0 N–H and O–H groups in total. The Balaban J connectivity index is 1.41. The van der Waals surface area contributed by atoms with Crippen molar-refractivity contribution in [1.82, 2.24) is 14.8 Å². The number of amides is 2. The molecule has 2 amide bonds. The Kier molecular flexibility index (Phi) is 4.44. The summed E-state index contributed by atoms with van der Waals surface area (Å²) in [6.07, 6.45) is 3.25. The van der Waals surface area contributed by atoms with E-state index in [-0.39, 0.29) is 17.9 Å². The molecule has 2 fully saturated rings. The van der Waals surface area contributed by atoms with Crippen LogP contribution < -0.4 is 0 Å². The Morgan fingerprint density at radius 2 is 1.96 bits per heavy atom. The molecule has 5 nitrogen and oxygen atoms in total. The number of pyridine rings is 1. The van der Waals surface area contributed by atoms with E-state index < -0.39 is 0 Å². The number of hydrogen-bond donors (Lipinski definition) is 0. The molecule has 6 heteroatoms. The van der Waals surface area contributed by atoms with E-state index in [1.807, 2.05) is 52.3 Å². The van der Waals surface area contributed by atoms with Gasteiger partial charge in [-0.05, 0) is 42.8 Å². The second-order valence-corrected chi connectivity index (χ2v) is 7.42. The van der Waals surface area contributed by atoms with Gasteiger partial charge in [0.2, 0.25) is 5.91 Å². The van der Waals surface area contributed by atoms with Crippen LogP contribution in [0.1, 0.15) is 23.2 Å². The lowest BCUT2D eigenvalue weighted by atomic mass is 10.1. The predicted octanol–water partition coefficient (Wildman–Crippen LogP) is 2.68. The van der Waals surface area contributed by atoms with Crippen LogP contribution in [0.15, 0.2) is 58.6 Å². The first-order valence-electron chi connectivity index (χ1n) is 8.48. The molecule has 2 aliphatic heterocycles. The molecule has 1 aromatic carbocycles. The van der Waals surface area contributed by atoms with Gasteiger partial charge in [0.25, 0.3) is 5.91 Å². The summed E-state index contributed by atoms with van der Waals surface area (Å²) in [6.45, 7) is 1.92. The van der Waals surface area contributed by atoms with Crippen LogP contribution >= 0.6 is 11.8 Å². The van der Waals surface area contributed by atoms with E-state index in [1.165, 1.54) is 0 Å². The molecule has 0 saturated carbocycles. The molecular weight excluding hydrogens is 334 g/mol. The van der Waals surface area contributed by atoms with Crippen LogP contribution in [0.5, 0.6) is 0 Å². The minimum absolute atomic E-state index is 0.0494. The Morgan fingerprint density at radius 3 is 2.72 bits per heavy atom. The summed E-state index contributed by atoms with van der Waals surface area (Å²) in [5.41, 5.74) is 0.697. The van der Waals surface area contributed by atoms with Gasteiger partial charge in [-0.3, -0.25) is 9.59 Å². The van der Waals surface area contributed by atoms with E-state index in [2.05, 4.69) is 4.98 Å². The van der Waals surface area contributed by atoms with Gasteiger partial charge in [0.1, 0.15) is 5.03 Å². The first-order chi connectivity index (χ1) is 12.2. The lowest BCUT2D eigenvalue weighted by molar-refractivity contribution is -0.130. The number of rotatable bonds is 3. The largest absolute Gasteiger partial charge is 0.336 e. The van der Waals surface area contributed by atoms with E-state index in [4.69, 9.17) is 0 Å². The Morgan fingerprint density at radius 1 is 1.12 bits per heavy atom. The summed E-state index contributed by atoms with van der Waals surface area (Å²) in [5.74, 6) is 0.279. The Labute approximate surface area is 151 Å². The average molecular weight is 353 g/mol. The number of piperazine rings is 1. The zero-order chi connectivity index (χ0) is 17.2. The molecule has 2 saturated heterocycles. The zero-order valence-electron chi connectivity index (χ0n) is 13.8. The number of nitrogens with zero attached hydrogens (tertiary/aromatic N) is 3. The molecule has 0 bridgehead atoms. The number of carbonyl (C=O) groups is 2. The van der Waals surface area contributed by atoms with E-state index >= 15 is 0 Å². The average Bonchev–Trinajstić information content (AvgIpc) is 3.03. The SMILES string of the molecule is O=C(c1ccc(Sc2ccccn2)cc1)N1CCN2C(=O)CC[C@@H]2C1. The van der Waals surface area contributed by atoms with Gasteiger partial charge in [-0.1, -0.05) is 17.8 Å². The molecule has 0 spiro atoms. The van der Waals surface area contributed by atoms with Crippen molar-refractivity contribution in [3.05, 3.63) is 54.2 Å². The van der Waals surface area contributed by atoms with Gasteiger partial charge >= 0.3 is 0 Å². The van der Waals surface area contributed by atoms with Crippen molar-refractivity contribution in [2.75, 3.05) is 19.6 Å². The van der Waals surface area contributed by atoms with E-state index in [0.717, 1.165) is 16.3 Å². The van der Waals surface area contributed by atoms with E-state index in [0.29, 0.717) is 31.6 Å². The molecule has 1 atom stereocenters. The number of carbonyl (C=O) groups excluding carboxylic acids is 2. The van der Waals surface area contributed by atoms with Gasteiger partial charge in [0.05, 0.1) is 0 Å². The lowest BCUT2D eigenvalue weighted by Crippen LogP contribution is -2.53. The number of benzene rings is 1. The van der Waals surface area contributed by atoms with Crippen LogP contribution in [-0.4, -0.2) is 52.3 Å². The third-order valence-corrected chi connectivity index (χ3v) is 5.70. The summed E-state index contributed by atoms with van der Waals surface area (Å²) < 4.78 is 0. The molecule has 0 unspecified atom stereocenters. The van der Waals surface area contributed by atoms with Crippen molar-refractivity contribution < 1.29 is 9.59 Å².